The van der Waals surface area contributed by atoms with Gasteiger partial charge in [-0.2, -0.15) is 0 Å². The van der Waals surface area contributed by atoms with Gasteiger partial charge in [-0.3, -0.25) is 0 Å². The van der Waals surface area contributed by atoms with Crippen molar-refractivity contribution in [3.8, 4) is 0 Å². The van der Waals surface area contributed by atoms with Gasteiger partial charge in [0.2, 0.25) is 0 Å². The summed E-state index contributed by atoms with van der Waals surface area (Å²) < 4.78 is 20.0. The van der Waals surface area contributed by atoms with Crippen LogP contribution in [0.1, 0.15) is 28.7 Å². The molecule has 0 bridgehead atoms. The minimum absolute atomic E-state index is 0. The Morgan fingerprint density at radius 2 is 0.955 bits per heavy atom. The molecular weight excluding hydrogens is 288 g/mol. The molecule has 0 aliphatic carbocycles. The summed E-state index contributed by atoms with van der Waals surface area (Å²) >= 11 is 0. The van der Waals surface area contributed by atoms with Crippen molar-refractivity contribution >= 4 is 11.9 Å². The lowest BCUT2D eigenvalue weighted by Crippen LogP contribution is -2.15. The first-order chi connectivity index (χ1) is 9.45. The van der Waals surface area contributed by atoms with E-state index in [0.29, 0.717) is 37.6 Å². The van der Waals surface area contributed by atoms with Crippen LogP contribution in [-0.4, -0.2) is 51.6 Å². The molecule has 0 saturated heterocycles. The van der Waals surface area contributed by atoms with Crippen LogP contribution in [0, 0.1) is 0 Å². The zero-order valence-corrected chi connectivity index (χ0v) is 12.1. The molecule has 0 unspecified atom stereocenters. The van der Waals surface area contributed by atoms with E-state index >= 15 is 0 Å². The van der Waals surface area contributed by atoms with Crippen LogP contribution >= 0.6 is 0 Å². The predicted octanol–water partition coefficient (Wildman–Crippen LogP) is 2.53. The van der Waals surface area contributed by atoms with Crippen molar-refractivity contribution in [2.45, 2.75) is 28.7 Å². The van der Waals surface area contributed by atoms with E-state index in [4.69, 9.17) is 18.9 Å². The highest BCUT2D eigenvalue weighted by molar-refractivity contribution is 5.87. The van der Waals surface area contributed by atoms with Gasteiger partial charge in [0.15, 0.2) is 0 Å². The number of esters is 2. The average Bonchev–Trinajstić information content (AvgIpc) is 2.39. The normalized spacial score (nSPS) is 9.00. The molecule has 0 atom stereocenters. The molecule has 0 spiro atoms. The Kier molecular flexibility index (Phi) is 18.1. The quantitative estimate of drug-likeness (QED) is 0.331. The van der Waals surface area contributed by atoms with Crippen molar-refractivity contribution in [2.75, 3.05) is 39.6 Å². The molecule has 0 aliphatic heterocycles. The Morgan fingerprint density at radius 3 is 1.23 bits per heavy atom. The number of carbonyl (C=O) groups is 2. The molecule has 6 nitrogen and oxygen atoms in total. The minimum Gasteiger partial charge on any atom is -0.460 e. The zero-order chi connectivity index (χ0) is 15.4. The highest BCUT2D eigenvalue weighted by Crippen LogP contribution is 1.92. The fourth-order valence-electron chi connectivity index (χ4n) is 0.955. The maximum atomic E-state index is 11.0. The van der Waals surface area contributed by atoms with E-state index in [-0.39, 0.29) is 28.1 Å². The summed E-state index contributed by atoms with van der Waals surface area (Å²) in [5.41, 5.74) is 0.718. The van der Waals surface area contributed by atoms with Gasteiger partial charge in [0.05, 0.1) is 26.4 Å². The molecule has 0 radical (unpaired) electrons. The minimum atomic E-state index is -0.427. The van der Waals surface area contributed by atoms with E-state index in [0.717, 1.165) is 0 Å². The van der Waals surface area contributed by atoms with Crippen LogP contribution in [0.3, 0.4) is 0 Å². The second kappa shape index (κ2) is 15.7. The van der Waals surface area contributed by atoms with E-state index in [9.17, 15) is 9.59 Å². The first kappa shape index (κ1) is 25.3. The molecule has 0 rings (SSSR count). The SMILES string of the molecule is C.C.C=C(C)C(=O)OCCOCCOCCOC(=O)C(=C)C. The van der Waals surface area contributed by atoms with E-state index < -0.39 is 11.9 Å². The average molecular weight is 318 g/mol. The summed E-state index contributed by atoms with van der Waals surface area (Å²) in [7, 11) is 0. The van der Waals surface area contributed by atoms with Crippen molar-refractivity contribution in [1.82, 2.24) is 0 Å². The molecule has 0 aromatic carbocycles. The molecule has 0 aromatic heterocycles. The third-order valence-corrected chi connectivity index (χ3v) is 1.99. The van der Waals surface area contributed by atoms with Gasteiger partial charge in [-0.15, -0.1) is 0 Å². The topological polar surface area (TPSA) is 71.1 Å². The smallest absolute Gasteiger partial charge is 0.333 e. The van der Waals surface area contributed by atoms with Gasteiger partial charge in [0.1, 0.15) is 13.2 Å². The van der Waals surface area contributed by atoms with Crippen LogP contribution < -0.4 is 0 Å². The maximum absolute atomic E-state index is 11.0. The van der Waals surface area contributed by atoms with Crippen molar-refractivity contribution in [3.63, 3.8) is 0 Å². The number of hydrogen-bond acceptors (Lipinski definition) is 6. The van der Waals surface area contributed by atoms with Crippen LogP contribution in [0.15, 0.2) is 24.3 Å². The van der Waals surface area contributed by atoms with Gasteiger partial charge in [-0.25, -0.2) is 9.59 Å². The Balaban J connectivity index is -0.00000180. The van der Waals surface area contributed by atoms with Gasteiger partial charge in [0.25, 0.3) is 0 Å². The third kappa shape index (κ3) is 14.7. The first-order valence-electron chi connectivity index (χ1n) is 6.26. The molecule has 0 fully saturated rings. The van der Waals surface area contributed by atoms with Crippen molar-refractivity contribution < 1.29 is 28.5 Å². The largest absolute Gasteiger partial charge is 0.460 e. The van der Waals surface area contributed by atoms with E-state index in [1.54, 1.807) is 13.8 Å². The van der Waals surface area contributed by atoms with Gasteiger partial charge >= 0.3 is 11.9 Å². The number of carbonyl (C=O) groups excluding carboxylic acids is 2. The maximum Gasteiger partial charge on any atom is 0.333 e. The van der Waals surface area contributed by atoms with Crippen LogP contribution in [0.4, 0.5) is 0 Å². The first-order valence-corrected chi connectivity index (χ1v) is 6.26. The molecule has 0 aromatic rings. The van der Waals surface area contributed by atoms with Crippen LogP contribution in [0.25, 0.3) is 0 Å². The molecule has 0 N–H and O–H groups in total. The molecular formula is C16H30O6. The molecule has 0 heterocycles. The monoisotopic (exact) mass is 318 g/mol. The van der Waals surface area contributed by atoms with Crippen LogP contribution in [-0.2, 0) is 28.5 Å². The molecule has 0 aliphatic rings. The number of ether oxygens (including phenoxy) is 4. The Bertz CT molecular complexity index is 315. The summed E-state index contributed by atoms with van der Waals surface area (Å²) in [6.07, 6.45) is 0. The summed E-state index contributed by atoms with van der Waals surface area (Å²) in [5, 5.41) is 0. The lowest BCUT2D eigenvalue weighted by atomic mass is 10.4. The molecule has 6 heteroatoms. The third-order valence-electron chi connectivity index (χ3n) is 1.99. The van der Waals surface area contributed by atoms with Gasteiger partial charge < -0.3 is 18.9 Å². The van der Waals surface area contributed by atoms with E-state index in [2.05, 4.69) is 13.2 Å². The summed E-state index contributed by atoms with van der Waals surface area (Å²) in [5.74, 6) is -0.853. The Hall–Kier alpha value is -1.66. The number of hydrogen-bond donors (Lipinski definition) is 0. The lowest BCUT2D eigenvalue weighted by molar-refractivity contribution is -0.142. The zero-order valence-electron chi connectivity index (χ0n) is 12.1. The Morgan fingerprint density at radius 1 is 0.682 bits per heavy atom. The van der Waals surface area contributed by atoms with Gasteiger partial charge in [-0.05, 0) is 13.8 Å². The molecule has 0 amide bonds. The van der Waals surface area contributed by atoms with Gasteiger partial charge in [-0.1, -0.05) is 28.0 Å². The molecule has 22 heavy (non-hydrogen) atoms. The fraction of sp³-hybridized carbons (Fsp3) is 0.625. The second-order valence-corrected chi connectivity index (χ2v) is 4.06. The van der Waals surface area contributed by atoms with E-state index in [1.807, 2.05) is 0 Å². The van der Waals surface area contributed by atoms with E-state index in [1.165, 1.54) is 0 Å². The Labute approximate surface area is 134 Å². The summed E-state index contributed by atoms with van der Waals surface area (Å²) in [6.45, 7) is 11.8. The highest BCUT2D eigenvalue weighted by Gasteiger charge is 2.03. The highest BCUT2D eigenvalue weighted by atomic mass is 16.6. The summed E-state index contributed by atoms with van der Waals surface area (Å²) in [4.78, 5) is 22.0. The standard InChI is InChI=1S/C14H22O6.2CH4/c1-11(2)13(15)19-9-7-17-5-6-18-8-10-20-14(16)12(3)4;;/h1,3,5-10H2,2,4H3;2*1H4. The summed E-state index contributed by atoms with van der Waals surface area (Å²) in [6, 6.07) is 0. The number of rotatable bonds is 11. The van der Waals surface area contributed by atoms with Crippen LogP contribution in [0.2, 0.25) is 0 Å². The second-order valence-electron chi connectivity index (χ2n) is 4.06. The molecule has 130 valence electrons. The van der Waals surface area contributed by atoms with Crippen molar-refractivity contribution in [2.24, 2.45) is 0 Å². The lowest BCUT2D eigenvalue weighted by Gasteiger charge is -2.07. The van der Waals surface area contributed by atoms with Crippen LogP contribution in [0.5, 0.6) is 0 Å². The molecule has 0 saturated carbocycles. The fourth-order valence-corrected chi connectivity index (χ4v) is 0.955. The van der Waals surface area contributed by atoms with Gasteiger partial charge in [0, 0.05) is 11.1 Å². The van der Waals surface area contributed by atoms with Crippen molar-refractivity contribution in [3.05, 3.63) is 24.3 Å². The van der Waals surface area contributed by atoms with Crippen molar-refractivity contribution in [1.29, 1.82) is 0 Å². The predicted molar refractivity (Wildman–Crippen MR) is 86.6 cm³/mol.